The molecule has 0 amide bonds. The second-order valence-corrected chi connectivity index (χ2v) is 4.45. The van der Waals surface area contributed by atoms with Crippen LogP contribution in [0.5, 0.6) is 0 Å². The molecule has 0 nitrogen and oxygen atoms in total. The summed E-state index contributed by atoms with van der Waals surface area (Å²) in [5.74, 6) is 0. The van der Waals surface area contributed by atoms with E-state index < -0.39 is 0 Å². The fourth-order valence-corrected chi connectivity index (χ4v) is 2.30. The van der Waals surface area contributed by atoms with Gasteiger partial charge in [0.15, 0.2) is 0 Å². The number of hydrogen-bond donors (Lipinski definition) is 0. The zero-order valence-corrected chi connectivity index (χ0v) is 9.41. The third kappa shape index (κ3) is 3.54. The lowest BCUT2D eigenvalue weighted by Gasteiger charge is -2.13. The lowest BCUT2D eigenvalue weighted by molar-refractivity contribution is 0.596. The normalized spacial score (nSPS) is 16.4. The lowest BCUT2D eigenvalue weighted by Crippen LogP contribution is -1.94. The molecule has 15 heavy (non-hydrogen) atoms. The predicted molar refractivity (Wildman–Crippen MR) is 65.9 cm³/mol. The van der Waals surface area contributed by atoms with Gasteiger partial charge < -0.3 is 0 Å². The van der Waals surface area contributed by atoms with Gasteiger partial charge in [-0.05, 0) is 44.1 Å². The van der Waals surface area contributed by atoms with Crippen molar-refractivity contribution in [2.75, 3.05) is 0 Å². The van der Waals surface area contributed by atoms with Crippen molar-refractivity contribution < 1.29 is 0 Å². The van der Waals surface area contributed by atoms with Crippen molar-refractivity contribution in [2.45, 2.75) is 44.9 Å². The van der Waals surface area contributed by atoms with Crippen LogP contribution < -0.4 is 0 Å². The van der Waals surface area contributed by atoms with Gasteiger partial charge in [-0.1, -0.05) is 48.4 Å². The maximum atomic E-state index is 2.48. The second-order valence-electron chi connectivity index (χ2n) is 4.45. The van der Waals surface area contributed by atoms with Crippen LogP contribution in [-0.4, -0.2) is 0 Å². The van der Waals surface area contributed by atoms with Crippen LogP contribution >= 0.6 is 0 Å². The van der Waals surface area contributed by atoms with E-state index in [1.54, 1.807) is 5.57 Å². The number of hydrogen-bond acceptors (Lipinski definition) is 0. The fourth-order valence-electron chi connectivity index (χ4n) is 2.30. The maximum absolute atomic E-state index is 2.48. The highest BCUT2D eigenvalue weighted by Gasteiger charge is 2.03. The molecule has 0 N–H and O–H groups in total. The van der Waals surface area contributed by atoms with Crippen LogP contribution in [0.25, 0.3) is 0 Å². The molecule has 80 valence electrons. The summed E-state index contributed by atoms with van der Waals surface area (Å²) in [6.45, 7) is 0. The minimum absolute atomic E-state index is 1.20. The van der Waals surface area contributed by atoms with Gasteiger partial charge in [0.2, 0.25) is 0 Å². The van der Waals surface area contributed by atoms with E-state index in [4.69, 9.17) is 0 Å². The molecule has 1 aromatic carbocycles. The molecule has 0 spiro atoms. The number of rotatable bonds is 3. The lowest BCUT2D eigenvalue weighted by atomic mass is 9.93. The SMILES string of the molecule is C(CCc1ccccc1)=C1CCCCC1. The molecule has 0 aliphatic heterocycles. The summed E-state index contributed by atoms with van der Waals surface area (Å²) < 4.78 is 0. The van der Waals surface area contributed by atoms with E-state index in [1.165, 1.54) is 50.5 Å². The van der Waals surface area contributed by atoms with Crippen molar-refractivity contribution in [2.24, 2.45) is 0 Å². The van der Waals surface area contributed by atoms with E-state index >= 15 is 0 Å². The maximum Gasteiger partial charge on any atom is -0.0244 e. The van der Waals surface area contributed by atoms with E-state index in [2.05, 4.69) is 36.4 Å². The second kappa shape index (κ2) is 5.75. The minimum Gasteiger partial charge on any atom is -0.0850 e. The van der Waals surface area contributed by atoms with Crippen LogP contribution in [0.2, 0.25) is 0 Å². The van der Waals surface area contributed by atoms with E-state index in [0.717, 1.165) is 0 Å². The van der Waals surface area contributed by atoms with Gasteiger partial charge in [-0.25, -0.2) is 0 Å². The molecule has 0 radical (unpaired) electrons. The molecule has 0 atom stereocenters. The van der Waals surface area contributed by atoms with Crippen molar-refractivity contribution in [3.63, 3.8) is 0 Å². The third-order valence-electron chi connectivity index (χ3n) is 3.20. The Balaban J connectivity index is 1.78. The number of benzene rings is 1. The Hall–Kier alpha value is -1.04. The fraction of sp³-hybridized carbons (Fsp3) is 0.467. The van der Waals surface area contributed by atoms with Gasteiger partial charge in [-0.15, -0.1) is 0 Å². The van der Waals surface area contributed by atoms with Gasteiger partial charge in [0, 0.05) is 0 Å². The first kappa shape index (κ1) is 10.5. The first-order valence-corrected chi connectivity index (χ1v) is 6.17. The van der Waals surface area contributed by atoms with Crippen molar-refractivity contribution in [1.29, 1.82) is 0 Å². The summed E-state index contributed by atoms with van der Waals surface area (Å²) in [7, 11) is 0. The summed E-state index contributed by atoms with van der Waals surface area (Å²) in [6, 6.07) is 10.8. The van der Waals surface area contributed by atoms with Crippen molar-refractivity contribution in [3.8, 4) is 0 Å². The van der Waals surface area contributed by atoms with Crippen LogP contribution in [0, 0.1) is 0 Å². The monoisotopic (exact) mass is 200 g/mol. The Morgan fingerprint density at radius 1 is 0.933 bits per heavy atom. The topological polar surface area (TPSA) is 0 Å². The van der Waals surface area contributed by atoms with Gasteiger partial charge in [-0.3, -0.25) is 0 Å². The molecule has 0 aromatic heterocycles. The largest absolute Gasteiger partial charge is 0.0850 e. The Labute approximate surface area is 93.0 Å². The van der Waals surface area contributed by atoms with E-state index in [9.17, 15) is 0 Å². The molecule has 2 rings (SSSR count). The van der Waals surface area contributed by atoms with Crippen molar-refractivity contribution in [1.82, 2.24) is 0 Å². The van der Waals surface area contributed by atoms with Crippen molar-refractivity contribution in [3.05, 3.63) is 47.5 Å². The number of aryl methyl sites for hydroxylation is 1. The zero-order chi connectivity index (χ0) is 10.3. The highest BCUT2D eigenvalue weighted by atomic mass is 14.1. The molecule has 1 saturated carbocycles. The summed E-state index contributed by atoms with van der Waals surface area (Å²) in [6.07, 6.45) is 11.9. The van der Waals surface area contributed by atoms with Crippen LogP contribution in [0.1, 0.15) is 44.1 Å². The molecule has 0 heteroatoms. The minimum atomic E-state index is 1.20. The highest BCUT2D eigenvalue weighted by Crippen LogP contribution is 2.23. The molecular weight excluding hydrogens is 180 g/mol. The van der Waals surface area contributed by atoms with E-state index in [-0.39, 0.29) is 0 Å². The summed E-state index contributed by atoms with van der Waals surface area (Å²) >= 11 is 0. The smallest absolute Gasteiger partial charge is 0.0244 e. The van der Waals surface area contributed by atoms with Gasteiger partial charge in [0.25, 0.3) is 0 Å². The zero-order valence-electron chi connectivity index (χ0n) is 9.41. The van der Waals surface area contributed by atoms with Gasteiger partial charge in [0.1, 0.15) is 0 Å². The highest BCUT2D eigenvalue weighted by molar-refractivity contribution is 5.16. The molecule has 1 aromatic rings. The van der Waals surface area contributed by atoms with Crippen LogP contribution in [-0.2, 0) is 6.42 Å². The van der Waals surface area contributed by atoms with Crippen LogP contribution in [0.3, 0.4) is 0 Å². The van der Waals surface area contributed by atoms with Crippen LogP contribution in [0.4, 0.5) is 0 Å². The van der Waals surface area contributed by atoms with Gasteiger partial charge in [-0.2, -0.15) is 0 Å². The standard InChI is InChI=1S/C15H20/c1-3-8-14(9-4-1)12-7-13-15-10-5-2-6-11-15/h1,3-4,8-9,13H,2,5-7,10-12H2. The first-order chi connectivity index (χ1) is 7.45. The third-order valence-corrected chi connectivity index (χ3v) is 3.20. The summed E-state index contributed by atoms with van der Waals surface area (Å²) in [5, 5.41) is 0. The van der Waals surface area contributed by atoms with Crippen molar-refractivity contribution >= 4 is 0 Å². The van der Waals surface area contributed by atoms with E-state index in [1.807, 2.05) is 0 Å². The molecule has 1 aliphatic carbocycles. The van der Waals surface area contributed by atoms with Gasteiger partial charge >= 0.3 is 0 Å². The molecule has 0 unspecified atom stereocenters. The molecule has 0 bridgehead atoms. The Morgan fingerprint density at radius 3 is 2.40 bits per heavy atom. The molecule has 0 saturated heterocycles. The molecule has 1 fully saturated rings. The molecule has 1 aliphatic rings. The quantitative estimate of drug-likeness (QED) is 0.630. The predicted octanol–water partition coefficient (Wildman–Crippen LogP) is 4.51. The Bertz CT molecular complexity index is 300. The van der Waals surface area contributed by atoms with Gasteiger partial charge in [0.05, 0.1) is 0 Å². The Morgan fingerprint density at radius 2 is 1.67 bits per heavy atom. The average molecular weight is 200 g/mol. The number of allylic oxidation sites excluding steroid dienone is 2. The summed E-state index contributed by atoms with van der Waals surface area (Å²) in [4.78, 5) is 0. The average Bonchev–Trinajstić information content (AvgIpc) is 2.32. The van der Waals surface area contributed by atoms with E-state index in [0.29, 0.717) is 0 Å². The summed E-state index contributed by atoms with van der Waals surface area (Å²) in [5.41, 5.74) is 3.17. The first-order valence-electron chi connectivity index (χ1n) is 6.17. The van der Waals surface area contributed by atoms with Crippen LogP contribution in [0.15, 0.2) is 42.0 Å². The molecular formula is C15H20. The Kier molecular flexibility index (Phi) is 4.01. The molecule has 0 heterocycles.